The smallest absolute Gasteiger partial charge is 0.129 e. The molecular formula is C14H12ClFO2. The maximum absolute atomic E-state index is 13.6. The highest BCUT2D eigenvalue weighted by atomic mass is 35.5. The molecule has 94 valence electrons. The van der Waals surface area contributed by atoms with Gasteiger partial charge in [0.25, 0.3) is 0 Å². The summed E-state index contributed by atoms with van der Waals surface area (Å²) in [7, 11) is 1.53. The molecule has 0 fully saturated rings. The van der Waals surface area contributed by atoms with Crippen LogP contribution in [0, 0.1) is 5.82 Å². The van der Waals surface area contributed by atoms with Gasteiger partial charge in [-0.25, -0.2) is 4.39 Å². The fraction of sp³-hybridized carbons (Fsp3) is 0.143. The van der Waals surface area contributed by atoms with Crippen LogP contribution in [0.15, 0.2) is 42.5 Å². The van der Waals surface area contributed by atoms with E-state index in [2.05, 4.69) is 0 Å². The van der Waals surface area contributed by atoms with E-state index in [4.69, 9.17) is 16.3 Å². The van der Waals surface area contributed by atoms with Gasteiger partial charge in [-0.1, -0.05) is 23.7 Å². The van der Waals surface area contributed by atoms with Gasteiger partial charge < -0.3 is 9.84 Å². The number of ether oxygens (including phenoxy) is 1. The van der Waals surface area contributed by atoms with Gasteiger partial charge in [0.15, 0.2) is 0 Å². The molecule has 18 heavy (non-hydrogen) atoms. The Bertz CT molecular complexity index is 557. The van der Waals surface area contributed by atoms with E-state index >= 15 is 0 Å². The Morgan fingerprint density at radius 2 is 2.00 bits per heavy atom. The Morgan fingerprint density at radius 1 is 1.22 bits per heavy atom. The summed E-state index contributed by atoms with van der Waals surface area (Å²) in [6.07, 6.45) is -1.07. The average Bonchev–Trinajstić information content (AvgIpc) is 2.41. The number of hydrogen-bond acceptors (Lipinski definition) is 2. The number of methoxy groups -OCH3 is 1. The summed E-state index contributed by atoms with van der Waals surface area (Å²) >= 11 is 5.80. The van der Waals surface area contributed by atoms with Gasteiger partial charge in [0, 0.05) is 10.6 Å². The van der Waals surface area contributed by atoms with Crippen molar-refractivity contribution >= 4 is 11.6 Å². The number of benzene rings is 2. The van der Waals surface area contributed by atoms with Crippen molar-refractivity contribution in [3.8, 4) is 5.75 Å². The highest BCUT2D eigenvalue weighted by Gasteiger charge is 2.15. The Kier molecular flexibility index (Phi) is 3.84. The van der Waals surface area contributed by atoms with Crippen molar-refractivity contribution in [2.75, 3.05) is 7.11 Å². The Morgan fingerprint density at radius 3 is 2.72 bits per heavy atom. The molecule has 0 aliphatic carbocycles. The molecule has 4 heteroatoms. The van der Waals surface area contributed by atoms with Crippen LogP contribution in [-0.2, 0) is 0 Å². The van der Waals surface area contributed by atoms with Crippen molar-refractivity contribution in [2.45, 2.75) is 6.10 Å². The Hall–Kier alpha value is -1.58. The third kappa shape index (κ3) is 2.63. The van der Waals surface area contributed by atoms with Gasteiger partial charge in [0.05, 0.1) is 7.11 Å². The minimum atomic E-state index is -1.07. The Labute approximate surface area is 110 Å². The lowest BCUT2D eigenvalue weighted by Gasteiger charge is -2.13. The third-order valence-electron chi connectivity index (χ3n) is 2.66. The van der Waals surface area contributed by atoms with Crippen molar-refractivity contribution in [1.82, 2.24) is 0 Å². The second-order valence-electron chi connectivity index (χ2n) is 3.84. The van der Waals surface area contributed by atoms with E-state index in [-0.39, 0.29) is 5.56 Å². The molecule has 2 rings (SSSR count). The normalized spacial score (nSPS) is 12.2. The number of aliphatic hydroxyl groups excluding tert-OH is 1. The van der Waals surface area contributed by atoms with Crippen molar-refractivity contribution in [1.29, 1.82) is 0 Å². The van der Waals surface area contributed by atoms with Crippen LogP contribution in [0.25, 0.3) is 0 Å². The lowest BCUT2D eigenvalue weighted by Crippen LogP contribution is -2.02. The molecule has 2 aromatic carbocycles. The zero-order valence-electron chi connectivity index (χ0n) is 9.73. The topological polar surface area (TPSA) is 29.5 Å². The quantitative estimate of drug-likeness (QED) is 0.920. The molecule has 0 heterocycles. The van der Waals surface area contributed by atoms with Crippen molar-refractivity contribution in [3.63, 3.8) is 0 Å². The van der Waals surface area contributed by atoms with Crippen LogP contribution >= 0.6 is 11.6 Å². The predicted molar refractivity (Wildman–Crippen MR) is 68.5 cm³/mol. The van der Waals surface area contributed by atoms with Gasteiger partial charge >= 0.3 is 0 Å². The summed E-state index contributed by atoms with van der Waals surface area (Å²) in [6, 6.07) is 10.9. The zero-order chi connectivity index (χ0) is 13.1. The first kappa shape index (κ1) is 12.9. The molecule has 0 saturated heterocycles. The molecule has 0 aromatic heterocycles. The summed E-state index contributed by atoms with van der Waals surface area (Å²) < 4.78 is 18.7. The van der Waals surface area contributed by atoms with E-state index in [0.29, 0.717) is 16.3 Å². The molecule has 0 aliphatic heterocycles. The molecule has 0 saturated carbocycles. The van der Waals surface area contributed by atoms with Crippen molar-refractivity contribution in [3.05, 3.63) is 64.4 Å². The second kappa shape index (κ2) is 5.38. The lowest BCUT2D eigenvalue weighted by atomic mass is 10.0. The molecule has 0 spiro atoms. The van der Waals surface area contributed by atoms with E-state index < -0.39 is 11.9 Å². The highest BCUT2D eigenvalue weighted by Crippen LogP contribution is 2.28. The van der Waals surface area contributed by atoms with E-state index in [1.807, 2.05) is 0 Å². The van der Waals surface area contributed by atoms with Crippen LogP contribution in [-0.4, -0.2) is 12.2 Å². The molecule has 0 radical (unpaired) electrons. The first-order chi connectivity index (χ1) is 8.61. The number of hydrogen-bond donors (Lipinski definition) is 1. The lowest BCUT2D eigenvalue weighted by molar-refractivity contribution is 0.214. The van der Waals surface area contributed by atoms with E-state index in [1.54, 1.807) is 24.3 Å². The van der Waals surface area contributed by atoms with Crippen LogP contribution in [0.3, 0.4) is 0 Å². The molecule has 0 aliphatic rings. The summed E-state index contributed by atoms with van der Waals surface area (Å²) in [4.78, 5) is 0. The monoisotopic (exact) mass is 266 g/mol. The SMILES string of the molecule is COc1cccc(C(O)c2cc(Cl)ccc2F)c1. The first-order valence-corrected chi connectivity index (χ1v) is 5.76. The highest BCUT2D eigenvalue weighted by molar-refractivity contribution is 6.30. The Balaban J connectivity index is 2.40. The first-order valence-electron chi connectivity index (χ1n) is 5.39. The van der Waals surface area contributed by atoms with Gasteiger partial charge in [0.1, 0.15) is 17.7 Å². The standard InChI is InChI=1S/C14H12ClFO2/c1-18-11-4-2-3-9(7-11)14(17)12-8-10(15)5-6-13(12)16/h2-8,14,17H,1H3. The maximum atomic E-state index is 13.6. The number of halogens is 2. The summed E-state index contributed by atoms with van der Waals surface area (Å²) in [5, 5.41) is 10.5. The second-order valence-corrected chi connectivity index (χ2v) is 4.28. The van der Waals surface area contributed by atoms with Crippen LogP contribution in [0.5, 0.6) is 5.75 Å². The zero-order valence-corrected chi connectivity index (χ0v) is 10.5. The molecule has 2 nitrogen and oxygen atoms in total. The molecule has 1 unspecified atom stereocenters. The maximum Gasteiger partial charge on any atom is 0.129 e. The molecule has 2 aromatic rings. The number of rotatable bonds is 3. The summed E-state index contributed by atoms with van der Waals surface area (Å²) in [5.74, 6) is 0.115. The van der Waals surface area contributed by atoms with Gasteiger partial charge in [-0.3, -0.25) is 0 Å². The molecule has 0 amide bonds. The largest absolute Gasteiger partial charge is 0.497 e. The molecule has 0 bridgehead atoms. The van der Waals surface area contributed by atoms with Crippen LogP contribution in [0.2, 0.25) is 5.02 Å². The van der Waals surface area contributed by atoms with Gasteiger partial charge in [-0.15, -0.1) is 0 Å². The third-order valence-corrected chi connectivity index (χ3v) is 2.90. The predicted octanol–water partition coefficient (Wildman–Crippen LogP) is 3.57. The molecular weight excluding hydrogens is 255 g/mol. The molecule has 1 atom stereocenters. The van der Waals surface area contributed by atoms with Crippen LogP contribution in [0.1, 0.15) is 17.2 Å². The van der Waals surface area contributed by atoms with Crippen molar-refractivity contribution < 1.29 is 14.2 Å². The van der Waals surface area contributed by atoms with Crippen LogP contribution in [0.4, 0.5) is 4.39 Å². The van der Waals surface area contributed by atoms with E-state index in [9.17, 15) is 9.50 Å². The van der Waals surface area contributed by atoms with Gasteiger partial charge in [-0.2, -0.15) is 0 Å². The number of aliphatic hydroxyl groups is 1. The fourth-order valence-corrected chi connectivity index (χ4v) is 1.90. The van der Waals surface area contributed by atoms with Crippen LogP contribution < -0.4 is 4.74 Å². The average molecular weight is 267 g/mol. The fourth-order valence-electron chi connectivity index (χ4n) is 1.72. The van der Waals surface area contributed by atoms with E-state index in [1.165, 1.54) is 25.3 Å². The molecule has 1 N–H and O–H groups in total. The van der Waals surface area contributed by atoms with Crippen molar-refractivity contribution in [2.24, 2.45) is 0 Å². The summed E-state index contributed by atoms with van der Waals surface area (Å²) in [5.41, 5.74) is 0.700. The van der Waals surface area contributed by atoms with Gasteiger partial charge in [-0.05, 0) is 35.9 Å². The minimum absolute atomic E-state index is 0.149. The minimum Gasteiger partial charge on any atom is -0.497 e. The summed E-state index contributed by atoms with van der Waals surface area (Å²) in [6.45, 7) is 0. The van der Waals surface area contributed by atoms with E-state index in [0.717, 1.165) is 0 Å². The van der Waals surface area contributed by atoms with Gasteiger partial charge in [0.2, 0.25) is 0 Å².